The first-order chi connectivity index (χ1) is 11.4. The van der Waals surface area contributed by atoms with E-state index in [1.54, 1.807) is 12.4 Å². The van der Waals surface area contributed by atoms with E-state index in [-0.39, 0.29) is 0 Å². The van der Waals surface area contributed by atoms with Crippen molar-refractivity contribution in [1.82, 2.24) is 15.2 Å². The number of benzene rings is 2. The Morgan fingerprint density at radius 1 is 0.826 bits per heavy atom. The maximum Gasteiger partial charge on any atom is 0.0612 e. The minimum Gasteiger partial charge on any atom is -0.379 e. The Morgan fingerprint density at radius 3 is 2.35 bits per heavy atom. The third kappa shape index (κ3) is 2.88. The molecule has 23 heavy (non-hydrogen) atoms. The van der Waals surface area contributed by atoms with Crippen LogP contribution in [0.25, 0.3) is 10.8 Å². The summed E-state index contributed by atoms with van der Waals surface area (Å²) >= 11 is 0. The van der Waals surface area contributed by atoms with Gasteiger partial charge < -0.3 is 4.74 Å². The zero-order valence-corrected chi connectivity index (χ0v) is 12.8. The molecule has 3 aromatic rings. The topological polar surface area (TPSA) is 41.5 Å². The van der Waals surface area contributed by atoms with Crippen LogP contribution in [0.1, 0.15) is 0 Å². The fourth-order valence-electron chi connectivity index (χ4n) is 2.91. The lowest BCUT2D eigenvalue weighted by atomic mass is 10.1. The molecule has 1 aromatic heterocycles. The number of rotatable bonds is 3. The van der Waals surface area contributed by atoms with Crippen molar-refractivity contribution in [1.29, 1.82) is 0 Å². The number of hydrogen-bond acceptors (Lipinski definition) is 5. The van der Waals surface area contributed by atoms with Gasteiger partial charge in [0.25, 0.3) is 0 Å². The zero-order valence-electron chi connectivity index (χ0n) is 12.8. The van der Waals surface area contributed by atoms with Crippen LogP contribution < -0.4 is 5.01 Å². The van der Waals surface area contributed by atoms with Crippen LogP contribution in [0.5, 0.6) is 0 Å². The van der Waals surface area contributed by atoms with Crippen LogP contribution >= 0.6 is 0 Å². The van der Waals surface area contributed by atoms with Crippen molar-refractivity contribution in [2.24, 2.45) is 0 Å². The van der Waals surface area contributed by atoms with Gasteiger partial charge in [-0.2, -0.15) is 10.2 Å². The largest absolute Gasteiger partial charge is 0.379 e. The van der Waals surface area contributed by atoms with Gasteiger partial charge in [0.1, 0.15) is 0 Å². The molecule has 1 fully saturated rings. The summed E-state index contributed by atoms with van der Waals surface area (Å²) in [6, 6.07) is 16.8. The average molecular weight is 306 g/mol. The van der Waals surface area contributed by atoms with Gasteiger partial charge in [-0.3, -0.25) is 5.01 Å². The molecule has 0 amide bonds. The lowest BCUT2D eigenvalue weighted by Crippen LogP contribution is -2.46. The number of anilines is 2. The second kappa shape index (κ2) is 6.32. The maximum atomic E-state index is 5.51. The Labute approximate surface area is 135 Å². The third-order valence-corrected chi connectivity index (χ3v) is 4.05. The lowest BCUT2D eigenvalue weighted by Gasteiger charge is -2.39. The predicted molar refractivity (Wildman–Crippen MR) is 90.5 cm³/mol. The van der Waals surface area contributed by atoms with Gasteiger partial charge in [0.15, 0.2) is 0 Å². The summed E-state index contributed by atoms with van der Waals surface area (Å²) in [5.74, 6) is 0. The molecule has 0 N–H and O–H groups in total. The van der Waals surface area contributed by atoms with Gasteiger partial charge in [-0.15, -0.1) is 0 Å². The second-order valence-corrected chi connectivity index (χ2v) is 5.52. The SMILES string of the molecule is c1ccc(N(c2ccc3cnncc3c2)N2CCOCC2)cc1. The van der Waals surface area contributed by atoms with Gasteiger partial charge in [0.2, 0.25) is 0 Å². The van der Waals surface area contributed by atoms with Crippen molar-refractivity contribution in [3.8, 4) is 0 Å². The van der Waals surface area contributed by atoms with Gasteiger partial charge in [-0.25, -0.2) is 5.01 Å². The summed E-state index contributed by atoms with van der Waals surface area (Å²) in [6.45, 7) is 3.26. The summed E-state index contributed by atoms with van der Waals surface area (Å²) in [5.41, 5.74) is 2.27. The van der Waals surface area contributed by atoms with E-state index in [9.17, 15) is 0 Å². The van der Waals surface area contributed by atoms with E-state index < -0.39 is 0 Å². The van der Waals surface area contributed by atoms with Crippen molar-refractivity contribution in [3.63, 3.8) is 0 Å². The highest BCUT2D eigenvalue weighted by atomic mass is 16.5. The molecule has 0 radical (unpaired) electrons. The first-order valence-electron chi connectivity index (χ1n) is 7.80. The van der Waals surface area contributed by atoms with E-state index in [0.717, 1.165) is 48.5 Å². The summed E-state index contributed by atoms with van der Waals surface area (Å²) in [6.07, 6.45) is 3.60. The van der Waals surface area contributed by atoms with Gasteiger partial charge >= 0.3 is 0 Å². The molecular weight excluding hydrogens is 288 g/mol. The van der Waals surface area contributed by atoms with Crippen LogP contribution in [0.3, 0.4) is 0 Å². The van der Waals surface area contributed by atoms with Gasteiger partial charge in [0, 0.05) is 23.9 Å². The van der Waals surface area contributed by atoms with Gasteiger partial charge in [-0.05, 0) is 24.3 Å². The standard InChI is InChI=1S/C18H18N4O/c1-2-4-17(5-3-1)22(21-8-10-23-11-9-21)18-7-6-15-13-19-20-14-16(15)12-18/h1-7,12-14H,8-11H2. The van der Waals surface area contributed by atoms with Crippen LogP contribution in [0.2, 0.25) is 0 Å². The molecule has 0 unspecified atom stereocenters. The highest BCUT2D eigenvalue weighted by Crippen LogP contribution is 2.30. The second-order valence-electron chi connectivity index (χ2n) is 5.52. The first-order valence-corrected chi connectivity index (χ1v) is 7.80. The number of para-hydroxylation sites is 1. The highest BCUT2D eigenvalue weighted by Gasteiger charge is 2.20. The Balaban J connectivity index is 1.79. The number of aromatic nitrogens is 2. The van der Waals surface area contributed by atoms with E-state index in [0.29, 0.717) is 0 Å². The zero-order chi connectivity index (χ0) is 15.5. The number of hydrazine groups is 1. The normalized spacial score (nSPS) is 15.7. The average Bonchev–Trinajstić information content (AvgIpc) is 2.64. The van der Waals surface area contributed by atoms with Crippen molar-refractivity contribution in [3.05, 3.63) is 60.9 Å². The number of nitrogens with zero attached hydrogens (tertiary/aromatic N) is 4. The van der Waals surface area contributed by atoms with E-state index in [1.807, 2.05) is 6.07 Å². The molecule has 0 spiro atoms. The molecule has 2 heterocycles. The minimum absolute atomic E-state index is 0.752. The van der Waals surface area contributed by atoms with Crippen LogP contribution in [0.4, 0.5) is 11.4 Å². The number of ether oxygens (including phenoxy) is 1. The smallest absolute Gasteiger partial charge is 0.0612 e. The highest BCUT2D eigenvalue weighted by molar-refractivity contribution is 5.85. The molecule has 1 saturated heterocycles. The molecule has 2 aromatic carbocycles. The molecule has 1 aliphatic heterocycles. The Kier molecular flexibility index (Phi) is 3.88. The van der Waals surface area contributed by atoms with Gasteiger partial charge in [-0.1, -0.05) is 24.3 Å². The molecule has 0 aliphatic carbocycles. The van der Waals surface area contributed by atoms with Crippen LogP contribution in [-0.4, -0.2) is 41.5 Å². The van der Waals surface area contributed by atoms with Crippen LogP contribution in [-0.2, 0) is 4.74 Å². The molecule has 0 bridgehead atoms. The molecule has 0 saturated carbocycles. The fraction of sp³-hybridized carbons (Fsp3) is 0.222. The van der Waals surface area contributed by atoms with E-state index >= 15 is 0 Å². The quantitative estimate of drug-likeness (QED) is 0.744. The molecule has 1 aliphatic rings. The maximum absolute atomic E-state index is 5.51. The van der Waals surface area contributed by atoms with Crippen molar-refractivity contribution >= 4 is 22.1 Å². The van der Waals surface area contributed by atoms with Crippen molar-refractivity contribution < 1.29 is 4.74 Å². The molecule has 4 rings (SSSR count). The molecule has 0 atom stereocenters. The molecular formula is C18H18N4O. The monoisotopic (exact) mass is 306 g/mol. The number of fused-ring (bicyclic) bond motifs is 1. The number of morpholine rings is 1. The Hall–Kier alpha value is -2.50. The molecule has 116 valence electrons. The Bertz CT molecular complexity index is 787. The first kappa shape index (κ1) is 14.1. The predicted octanol–water partition coefficient (Wildman–Crippen LogP) is 3.02. The van der Waals surface area contributed by atoms with Gasteiger partial charge in [0.05, 0.1) is 37.0 Å². The van der Waals surface area contributed by atoms with Crippen molar-refractivity contribution in [2.45, 2.75) is 0 Å². The summed E-state index contributed by atoms with van der Waals surface area (Å²) in [7, 11) is 0. The minimum atomic E-state index is 0.752. The summed E-state index contributed by atoms with van der Waals surface area (Å²) in [4.78, 5) is 0. The van der Waals surface area contributed by atoms with E-state index in [2.05, 4.69) is 62.7 Å². The fourth-order valence-corrected chi connectivity index (χ4v) is 2.91. The summed E-state index contributed by atoms with van der Waals surface area (Å²) < 4.78 is 5.51. The number of hydrogen-bond donors (Lipinski definition) is 0. The molecule has 5 heteroatoms. The third-order valence-electron chi connectivity index (χ3n) is 4.05. The lowest BCUT2D eigenvalue weighted by molar-refractivity contribution is 0.0378. The van der Waals surface area contributed by atoms with E-state index in [4.69, 9.17) is 4.74 Å². The van der Waals surface area contributed by atoms with Crippen LogP contribution in [0.15, 0.2) is 60.9 Å². The van der Waals surface area contributed by atoms with E-state index in [1.165, 1.54) is 0 Å². The van der Waals surface area contributed by atoms with Crippen LogP contribution in [0, 0.1) is 0 Å². The summed E-state index contributed by atoms with van der Waals surface area (Å²) in [5, 5.41) is 14.7. The Morgan fingerprint density at radius 2 is 1.57 bits per heavy atom. The molecule has 5 nitrogen and oxygen atoms in total. The van der Waals surface area contributed by atoms with Crippen molar-refractivity contribution in [2.75, 3.05) is 31.3 Å².